The number of nitrogens with one attached hydrogen (secondary N) is 1. The first-order chi connectivity index (χ1) is 10.1. The van der Waals surface area contributed by atoms with Crippen molar-refractivity contribution in [3.8, 4) is 0 Å². The van der Waals surface area contributed by atoms with Gasteiger partial charge in [0, 0.05) is 24.3 Å². The summed E-state index contributed by atoms with van der Waals surface area (Å²) in [6.45, 7) is 4.84. The van der Waals surface area contributed by atoms with E-state index in [0.29, 0.717) is 6.42 Å². The molecule has 0 bridgehead atoms. The van der Waals surface area contributed by atoms with Crippen molar-refractivity contribution in [2.45, 2.75) is 32.7 Å². The largest absolute Gasteiger partial charge is 0.464 e. The number of carbonyl (C=O) groups excluding carboxylic acids is 1. The molecule has 1 aliphatic rings. The molecular weight excluding hydrogens is 264 g/mol. The summed E-state index contributed by atoms with van der Waals surface area (Å²) < 4.78 is 5.62. The third-order valence-corrected chi connectivity index (χ3v) is 3.82. The molecule has 4 heteroatoms. The Morgan fingerprint density at radius 3 is 2.52 bits per heavy atom. The molecule has 21 heavy (non-hydrogen) atoms. The fourth-order valence-electron chi connectivity index (χ4n) is 2.67. The van der Waals surface area contributed by atoms with Gasteiger partial charge in [0.2, 0.25) is 5.91 Å². The molecule has 0 aliphatic carbocycles. The van der Waals surface area contributed by atoms with Crippen molar-refractivity contribution in [1.82, 2.24) is 0 Å². The van der Waals surface area contributed by atoms with E-state index >= 15 is 0 Å². The van der Waals surface area contributed by atoms with Gasteiger partial charge < -0.3 is 14.6 Å². The molecule has 0 radical (unpaired) electrons. The molecule has 1 unspecified atom stereocenters. The fraction of sp³-hybridized carbons (Fsp3) is 0.353. The van der Waals surface area contributed by atoms with Crippen molar-refractivity contribution >= 4 is 17.3 Å². The minimum Gasteiger partial charge on any atom is -0.464 e. The van der Waals surface area contributed by atoms with Crippen molar-refractivity contribution < 1.29 is 9.21 Å². The number of hydrogen-bond acceptors (Lipinski definition) is 3. The first-order valence-electron chi connectivity index (χ1n) is 7.37. The molecule has 1 amide bonds. The molecule has 4 nitrogen and oxygen atoms in total. The van der Waals surface area contributed by atoms with Gasteiger partial charge in [-0.3, -0.25) is 4.79 Å². The van der Waals surface area contributed by atoms with E-state index in [1.54, 1.807) is 0 Å². The number of aryl methyl sites for hydroxylation is 1. The summed E-state index contributed by atoms with van der Waals surface area (Å²) in [5.41, 5.74) is 2.00. The maximum Gasteiger partial charge on any atom is 0.227 e. The lowest BCUT2D eigenvalue weighted by atomic mass is 10.2. The molecule has 110 valence electrons. The van der Waals surface area contributed by atoms with E-state index in [4.69, 9.17) is 4.42 Å². The second-order valence-electron chi connectivity index (χ2n) is 5.51. The molecule has 2 heterocycles. The van der Waals surface area contributed by atoms with Gasteiger partial charge in [-0.05, 0) is 56.7 Å². The highest BCUT2D eigenvalue weighted by molar-refractivity contribution is 5.95. The van der Waals surface area contributed by atoms with Gasteiger partial charge in [0.25, 0.3) is 0 Å². The van der Waals surface area contributed by atoms with Crippen molar-refractivity contribution in [2.75, 3.05) is 16.8 Å². The third-order valence-electron chi connectivity index (χ3n) is 3.82. The fourth-order valence-corrected chi connectivity index (χ4v) is 2.67. The first-order valence-corrected chi connectivity index (χ1v) is 7.37. The van der Waals surface area contributed by atoms with Crippen LogP contribution in [0.4, 0.5) is 11.4 Å². The molecule has 2 aromatic rings. The Hall–Kier alpha value is -2.23. The SMILES string of the molecule is Cc1ccc(C(C)Nc2ccc(N3CCCC3=O)cc2)o1. The lowest BCUT2D eigenvalue weighted by molar-refractivity contribution is -0.117. The van der Waals surface area contributed by atoms with E-state index in [1.165, 1.54) is 0 Å². The van der Waals surface area contributed by atoms with Gasteiger partial charge in [0.15, 0.2) is 0 Å². The molecule has 1 saturated heterocycles. The smallest absolute Gasteiger partial charge is 0.227 e. The number of carbonyl (C=O) groups is 1. The zero-order chi connectivity index (χ0) is 14.8. The van der Waals surface area contributed by atoms with Crippen molar-refractivity contribution in [3.05, 3.63) is 47.9 Å². The van der Waals surface area contributed by atoms with Crippen LogP contribution in [0.1, 0.15) is 37.3 Å². The Bertz CT molecular complexity index is 630. The summed E-state index contributed by atoms with van der Waals surface area (Å²) in [5.74, 6) is 2.06. The van der Waals surface area contributed by atoms with E-state index in [1.807, 2.05) is 48.2 Å². The molecule has 0 spiro atoms. The van der Waals surface area contributed by atoms with Crippen LogP contribution in [-0.4, -0.2) is 12.5 Å². The number of anilines is 2. The van der Waals surface area contributed by atoms with Gasteiger partial charge in [0.1, 0.15) is 11.5 Å². The molecule has 1 aromatic heterocycles. The maximum absolute atomic E-state index is 11.7. The molecule has 1 N–H and O–H groups in total. The highest BCUT2D eigenvalue weighted by atomic mass is 16.3. The van der Waals surface area contributed by atoms with Crippen LogP contribution in [0, 0.1) is 6.92 Å². The number of rotatable bonds is 4. The van der Waals surface area contributed by atoms with E-state index in [0.717, 1.165) is 35.9 Å². The zero-order valence-electron chi connectivity index (χ0n) is 12.4. The number of furan rings is 1. The van der Waals surface area contributed by atoms with Crippen LogP contribution in [0.2, 0.25) is 0 Å². The maximum atomic E-state index is 11.7. The lowest BCUT2D eigenvalue weighted by Gasteiger charge is -2.17. The average molecular weight is 284 g/mol. The van der Waals surface area contributed by atoms with E-state index in [-0.39, 0.29) is 11.9 Å². The molecule has 1 fully saturated rings. The standard InChI is InChI=1S/C17H20N2O2/c1-12-5-10-16(21-12)13(2)18-14-6-8-15(9-7-14)19-11-3-4-17(19)20/h5-10,13,18H,3-4,11H2,1-2H3. The first kappa shape index (κ1) is 13.7. The predicted octanol–water partition coefficient (Wildman–Crippen LogP) is 3.89. The molecule has 1 aliphatic heterocycles. The molecule has 1 aromatic carbocycles. The quantitative estimate of drug-likeness (QED) is 0.926. The van der Waals surface area contributed by atoms with E-state index in [2.05, 4.69) is 12.2 Å². The Balaban J connectivity index is 1.68. The second-order valence-corrected chi connectivity index (χ2v) is 5.51. The Morgan fingerprint density at radius 2 is 1.95 bits per heavy atom. The zero-order valence-corrected chi connectivity index (χ0v) is 12.4. The molecular formula is C17H20N2O2. The van der Waals surface area contributed by atoms with Gasteiger partial charge in [-0.25, -0.2) is 0 Å². The number of hydrogen-bond donors (Lipinski definition) is 1. The predicted molar refractivity (Wildman–Crippen MR) is 83.5 cm³/mol. The molecule has 1 atom stereocenters. The van der Waals surface area contributed by atoms with Crippen LogP contribution in [0.25, 0.3) is 0 Å². The van der Waals surface area contributed by atoms with Gasteiger partial charge in [-0.1, -0.05) is 0 Å². The minimum absolute atomic E-state index is 0.109. The van der Waals surface area contributed by atoms with Gasteiger partial charge >= 0.3 is 0 Å². The minimum atomic E-state index is 0.109. The van der Waals surface area contributed by atoms with Crippen LogP contribution in [0.5, 0.6) is 0 Å². The second kappa shape index (κ2) is 5.64. The monoisotopic (exact) mass is 284 g/mol. The van der Waals surface area contributed by atoms with E-state index in [9.17, 15) is 4.79 Å². The number of amides is 1. The average Bonchev–Trinajstić information content (AvgIpc) is 3.08. The molecule has 3 rings (SSSR count). The summed E-state index contributed by atoms with van der Waals surface area (Å²) in [6, 6.07) is 12.1. The summed E-state index contributed by atoms with van der Waals surface area (Å²) in [7, 11) is 0. The number of nitrogens with zero attached hydrogens (tertiary/aromatic N) is 1. The van der Waals surface area contributed by atoms with Crippen LogP contribution >= 0.6 is 0 Å². The van der Waals surface area contributed by atoms with Crippen molar-refractivity contribution in [1.29, 1.82) is 0 Å². The van der Waals surface area contributed by atoms with Gasteiger partial charge in [0.05, 0.1) is 6.04 Å². The Kier molecular flexibility index (Phi) is 3.69. The van der Waals surface area contributed by atoms with Gasteiger partial charge in [-0.15, -0.1) is 0 Å². The third kappa shape index (κ3) is 2.94. The van der Waals surface area contributed by atoms with Crippen LogP contribution in [0.15, 0.2) is 40.8 Å². The van der Waals surface area contributed by atoms with E-state index < -0.39 is 0 Å². The molecule has 0 saturated carbocycles. The van der Waals surface area contributed by atoms with Crippen molar-refractivity contribution in [2.24, 2.45) is 0 Å². The topological polar surface area (TPSA) is 45.5 Å². The Labute approximate surface area is 124 Å². The highest BCUT2D eigenvalue weighted by Gasteiger charge is 2.21. The summed E-state index contributed by atoms with van der Waals surface area (Å²) >= 11 is 0. The van der Waals surface area contributed by atoms with Crippen molar-refractivity contribution in [3.63, 3.8) is 0 Å². The Morgan fingerprint density at radius 1 is 1.19 bits per heavy atom. The van der Waals surface area contributed by atoms with Crippen LogP contribution in [-0.2, 0) is 4.79 Å². The summed E-state index contributed by atoms with van der Waals surface area (Å²) in [4.78, 5) is 13.6. The van der Waals surface area contributed by atoms with Crippen LogP contribution < -0.4 is 10.2 Å². The van der Waals surface area contributed by atoms with Gasteiger partial charge in [-0.2, -0.15) is 0 Å². The highest BCUT2D eigenvalue weighted by Crippen LogP contribution is 2.25. The lowest BCUT2D eigenvalue weighted by Crippen LogP contribution is -2.23. The van der Waals surface area contributed by atoms with Crippen LogP contribution in [0.3, 0.4) is 0 Å². The summed E-state index contributed by atoms with van der Waals surface area (Å²) in [6.07, 6.45) is 1.61. The normalized spacial score (nSPS) is 16.3. The summed E-state index contributed by atoms with van der Waals surface area (Å²) in [5, 5.41) is 3.40. The number of benzene rings is 1.